The molecule has 1 rings (SSSR count). The van der Waals surface area contributed by atoms with E-state index < -0.39 is 0 Å². The summed E-state index contributed by atoms with van der Waals surface area (Å²) >= 11 is 10.9. The van der Waals surface area contributed by atoms with Crippen LogP contribution >= 0.6 is 23.2 Å². The van der Waals surface area contributed by atoms with Crippen molar-refractivity contribution < 1.29 is 9.59 Å². The van der Waals surface area contributed by atoms with E-state index in [1.165, 1.54) is 0 Å². The van der Waals surface area contributed by atoms with Crippen LogP contribution in [0.15, 0.2) is 24.3 Å². The molecule has 2 N–H and O–H groups in total. The van der Waals surface area contributed by atoms with Gasteiger partial charge in [0.25, 0.3) is 11.8 Å². The van der Waals surface area contributed by atoms with E-state index in [0.717, 1.165) is 0 Å². The Hall–Kier alpha value is -1.26. The number of hydrogen-bond acceptors (Lipinski definition) is 2. The smallest absolute Gasteiger partial charge is 0.251 e. The molecule has 6 heteroatoms. The predicted molar refractivity (Wildman–Crippen MR) is 72.5 cm³/mol. The Morgan fingerprint density at radius 3 is 1.44 bits per heavy atom. The molecule has 0 aliphatic heterocycles. The van der Waals surface area contributed by atoms with Crippen molar-refractivity contribution in [2.45, 2.75) is 0 Å². The fourth-order valence-electron chi connectivity index (χ4n) is 1.30. The molecule has 98 valence electrons. The maximum atomic E-state index is 11.6. The summed E-state index contributed by atoms with van der Waals surface area (Å²) in [7, 11) is 0. The summed E-state index contributed by atoms with van der Waals surface area (Å²) in [5, 5.41) is 5.29. The Balaban J connectivity index is 2.62. The van der Waals surface area contributed by atoms with Crippen LogP contribution in [0.4, 0.5) is 0 Å². The minimum Gasteiger partial charge on any atom is -0.351 e. The largest absolute Gasteiger partial charge is 0.351 e. The quantitative estimate of drug-likeness (QED) is 0.782. The Labute approximate surface area is 116 Å². The van der Waals surface area contributed by atoms with Crippen molar-refractivity contribution in [1.29, 1.82) is 0 Å². The van der Waals surface area contributed by atoms with Gasteiger partial charge in [-0.2, -0.15) is 0 Å². The fourth-order valence-corrected chi connectivity index (χ4v) is 1.49. The highest BCUT2D eigenvalue weighted by molar-refractivity contribution is 6.18. The molecule has 0 aliphatic carbocycles. The molecule has 0 fully saturated rings. The Morgan fingerprint density at radius 2 is 1.17 bits per heavy atom. The summed E-state index contributed by atoms with van der Waals surface area (Å²) < 4.78 is 0. The number of carbonyl (C=O) groups is 2. The van der Waals surface area contributed by atoms with Crippen LogP contribution in [0.2, 0.25) is 0 Å². The maximum absolute atomic E-state index is 11.6. The first-order valence-electron chi connectivity index (χ1n) is 5.47. The average molecular weight is 289 g/mol. The highest BCUT2D eigenvalue weighted by Gasteiger charge is 2.07. The zero-order valence-electron chi connectivity index (χ0n) is 9.71. The van der Waals surface area contributed by atoms with Crippen molar-refractivity contribution >= 4 is 35.0 Å². The molecule has 0 unspecified atom stereocenters. The lowest BCUT2D eigenvalue weighted by molar-refractivity contribution is 0.0944. The average Bonchev–Trinajstić information content (AvgIpc) is 2.42. The summed E-state index contributed by atoms with van der Waals surface area (Å²) in [4.78, 5) is 23.1. The lowest BCUT2D eigenvalue weighted by Crippen LogP contribution is -2.26. The predicted octanol–water partition coefficient (Wildman–Crippen LogP) is 1.62. The van der Waals surface area contributed by atoms with E-state index in [1.807, 2.05) is 0 Å². The maximum Gasteiger partial charge on any atom is 0.251 e. The van der Waals surface area contributed by atoms with E-state index in [0.29, 0.717) is 36.0 Å². The minimum atomic E-state index is -0.205. The third-order valence-electron chi connectivity index (χ3n) is 2.17. The van der Waals surface area contributed by atoms with Gasteiger partial charge in [-0.1, -0.05) is 0 Å². The van der Waals surface area contributed by atoms with Crippen LogP contribution in [-0.2, 0) is 0 Å². The van der Waals surface area contributed by atoms with Crippen molar-refractivity contribution in [2.24, 2.45) is 0 Å². The summed E-state index contributed by atoms with van der Waals surface area (Å²) in [6.45, 7) is 0.830. The first-order chi connectivity index (χ1) is 8.69. The van der Waals surface area contributed by atoms with Gasteiger partial charge in [0.05, 0.1) is 0 Å². The van der Waals surface area contributed by atoms with Crippen LogP contribution < -0.4 is 10.6 Å². The number of carbonyl (C=O) groups excluding carboxylic acids is 2. The normalized spacial score (nSPS) is 9.89. The molecule has 1 aromatic rings. The van der Waals surface area contributed by atoms with Gasteiger partial charge in [-0.05, 0) is 24.3 Å². The Morgan fingerprint density at radius 1 is 0.833 bits per heavy atom. The second-order valence-corrected chi connectivity index (χ2v) is 4.22. The van der Waals surface area contributed by atoms with Crippen molar-refractivity contribution in [2.75, 3.05) is 24.8 Å². The van der Waals surface area contributed by atoms with E-state index in [4.69, 9.17) is 23.2 Å². The number of amides is 2. The second-order valence-electron chi connectivity index (χ2n) is 3.47. The number of alkyl halides is 2. The van der Waals surface area contributed by atoms with Crippen LogP contribution in [0.25, 0.3) is 0 Å². The third-order valence-corrected chi connectivity index (χ3v) is 2.55. The molecule has 0 saturated carbocycles. The van der Waals surface area contributed by atoms with Gasteiger partial charge in [0.2, 0.25) is 0 Å². The topological polar surface area (TPSA) is 58.2 Å². The van der Waals surface area contributed by atoms with Gasteiger partial charge in [0.15, 0.2) is 0 Å². The molecular weight excluding hydrogens is 275 g/mol. The van der Waals surface area contributed by atoms with Crippen molar-refractivity contribution in [3.05, 3.63) is 35.4 Å². The van der Waals surface area contributed by atoms with E-state index in [1.54, 1.807) is 24.3 Å². The van der Waals surface area contributed by atoms with Gasteiger partial charge < -0.3 is 10.6 Å². The molecule has 0 spiro atoms. The Bertz CT molecular complexity index is 368. The summed E-state index contributed by atoms with van der Waals surface area (Å²) in [6.07, 6.45) is 0. The molecule has 0 aliphatic rings. The van der Waals surface area contributed by atoms with Crippen LogP contribution in [0.1, 0.15) is 20.7 Å². The van der Waals surface area contributed by atoms with Crippen LogP contribution in [0.5, 0.6) is 0 Å². The summed E-state index contributed by atoms with van der Waals surface area (Å²) in [5.74, 6) is 0.321. The first-order valence-corrected chi connectivity index (χ1v) is 6.54. The number of nitrogens with one attached hydrogen (secondary N) is 2. The zero-order chi connectivity index (χ0) is 13.4. The zero-order valence-corrected chi connectivity index (χ0v) is 11.2. The number of benzene rings is 1. The third kappa shape index (κ3) is 4.55. The van der Waals surface area contributed by atoms with Gasteiger partial charge in [0.1, 0.15) is 0 Å². The molecule has 0 atom stereocenters. The van der Waals surface area contributed by atoms with Gasteiger partial charge in [-0.15, -0.1) is 23.2 Å². The number of hydrogen-bond donors (Lipinski definition) is 2. The lowest BCUT2D eigenvalue weighted by Gasteiger charge is -2.05. The standard InChI is InChI=1S/C12H14Cl2N2O2/c13-5-7-15-11(17)9-1-2-10(4-3-9)12(18)16-8-6-14/h1-4H,5-8H2,(H,15,17)(H,16,18). The van der Waals surface area contributed by atoms with Crippen LogP contribution in [0.3, 0.4) is 0 Å². The first kappa shape index (κ1) is 14.8. The molecule has 0 bridgehead atoms. The lowest BCUT2D eigenvalue weighted by atomic mass is 10.1. The molecule has 4 nitrogen and oxygen atoms in total. The van der Waals surface area contributed by atoms with E-state index >= 15 is 0 Å². The minimum absolute atomic E-state index is 0.205. The molecule has 0 radical (unpaired) electrons. The molecule has 2 amide bonds. The number of halogens is 2. The molecule has 0 heterocycles. The molecular formula is C12H14Cl2N2O2. The number of rotatable bonds is 6. The SMILES string of the molecule is O=C(NCCCl)c1ccc(C(=O)NCCCl)cc1. The molecule has 0 aromatic heterocycles. The Kier molecular flexibility index (Phi) is 6.54. The van der Waals surface area contributed by atoms with Crippen LogP contribution in [0, 0.1) is 0 Å². The van der Waals surface area contributed by atoms with Gasteiger partial charge in [-0.3, -0.25) is 9.59 Å². The van der Waals surface area contributed by atoms with E-state index in [2.05, 4.69) is 10.6 Å². The van der Waals surface area contributed by atoms with Crippen molar-refractivity contribution in [3.63, 3.8) is 0 Å². The fraction of sp³-hybridized carbons (Fsp3) is 0.333. The monoisotopic (exact) mass is 288 g/mol. The molecule has 18 heavy (non-hydrogen) atoms. The summed E-state index contributed by atoms with van der Waals surface area (Å²) in [5.41, 5.74) is 0.989. The van der Waals surface area contributed by atoms with Crippen LogP contribution in [-0.4, -0.2) is 36.7 Å². The second kappa shape index (κ2) is 7.95. The van der Waals surface area contributed by atoms with Gasteiger partial charge >= 0.3 is 0 Å². The van der Waals surface area contributed by atoms with Crippen molar-refractivity contribution in [3.8, 4) is 0 Å². The van der Waals surface area contributed by atoms with Crippen molar-refractivity contribution in [1.82, 2.24) is 10.6 Å². The van der Waals surface area contributed by atoms with E-state index in [9.17, 15) is 9.59 Å². The molecule has 1 aromatic carbocycles. The van der Waals surface area contributed by atoms with Gasteiger partial charge in [0, 0.05) is 36.0 Å². The highest BCUT2D eigenvalue weighted by atomic mass is 35.5. The van der Waals surface area contributed by atoms with Gasteiger partial charge in [-0.25, -0.2) is 0 Å². The summed E-state index contributed by atoms with van der Waals surface area (Å²) in [6, 6.07) is 6.39. The molecule has 0 saturated heterocycles. The van der Waals surface area contributed by atoms with E-state index in [-0.39, 0.29) is 11.8 Å². The highest BCUT2D eigenvalue weighted by Crippen LogP contribution is 2.04.